The molecule has 5 aromatic carbocycles. The van der Waals surface area contributed by atoms with E-state index in [1.807, 2.05) is 30.7 Å². The first-order valence-electron chi connectivity index (χ1n) is 16.2. The van der Waals surface area contributed by atoms with E-state index >= 15 is 0 Å². The second kappa shape index (κ2) is 11.0. The van der Waals surface area contributed by atoms with Crippen LogP contribution in [-0.4, -0.2) is 6.98 Å². The zero-order valence-corrected chi connectivity index (χ0v) is 24.7. The number of hydrogen-bond donors (Lipinski definition) is 0. The van der Waals surface area contributed by atoms with Gasteiger partial charge in [-0.05, 0) is 77.8 Å². The Morgan fingerprint density at radius 2 is 1.19 bits per heavy atom. The molecule has 1 aromatic heterocycles. The summed E-state index contributed by atoms with van der Waals surface area (Å²) < 4.78 is 26.6. The van der Waals surface area contributed by atoms with Crippen LogP contribution < -0.4 is 19.7 Å². The number of hydrogen-bond acceptors (Lipinski definition) is 2. The normalized spacial score (nSPS) is 13.8. The van der Waals surface area contributed by atoms with Crippen LogP contribution in [0.4, 0.5) is 22.9 Å². The Kier molecular flexibility index (Phi) is 5.98. The van der Waals surface area contributed by atoms with Gasteiger partial charge in [0.1, 0.15) is 5.69 Å². The van der Waals surface area contributed by atoms with Crippen LogP contribution in [0.3, 0.4) is 0 Å². The molecule has 2 heterocycles. The van der Waals surface area contributed by atoms with Crippen LogP contribution in [0.5, 0.6) is 0 Å². The van der Waals surface area contributed by atoms with E-state index in [1.165, 1.54) is 0 Å². The number of para-hydroxylation sites is 2. The van der Waals surface area contributed by atoms with E-state index in [1.54, 1.807) is 6.20 Å². The summed E-state index contributed by atoms with van der Waals surface area (Å²) in [6, 6.07) is 46.8. The van der Waals surface area contributed by atoms with Gasteiger partial charge in [-0.25, -0.2) is 4.57 Å². The molecule has 1 aliphatic rings. The Morgan fingerprint density at radius 1 is 0.605 bits per heavy atom. The molecule has 43 heavy (non-hydrogen) atoms. The summed E-state index contributed by atoms with van der Waals surface area (Å²) in [5.74, 6) is 0.909. The van der Waals surface area contributed by atoms with Gasteiger partial charge in [0.25, 0.3) is 5.82 Å². The number of nitrogens with zero attached hydrogens (tertiary/aromatic N) is 3. The molecule has 6 aromatic rings. The summed E-state index contributed by atoms with van der Waals surface area (Å²) in [6.07, 6.45) is 1.78. The summed E-state index contributed by atoms with van der Waals surface area (Å²) >= 11 is 0. The van der Waals surface area contributed by atoms with Crippen LogP contribution in [0.15, 0.2) is 140 Å². The Hall–Kier alpha value is -5.09. The third-order valence-electron chi connectivity index (χ3n) is 8.48. The maximum atomic E-state index is 8.20. The van der Waals surface area contributed by atoms with Gasteiger partial charge in [-0.3, -0.25) is 4.81 Å². The molecule has 0 amide bonds. The van der Waals surface area contributed by atoms with Crippen molar-refractivity contribution in [3.8, 4) is 22.3 Å². The largest absolute Gasteiger partial charge is 0.543 e. The molecule has 0 bridgehead atoms. The summed E-state index contributed by atoms with van der Waals surface area (Å²) in [5.41, 5.74) is 11.2. The highest BCUT2D eigenvalue weighted by Crippen LogP contribution is 2.48. The average Bonchev–Trinajstić information content (AvgIpc) is 3.41. The monoisotopic (exact) mass is 559 g/mol. The molecule has 3 nitrogen and oxygen atoms in total. The lowest BCUT2D eigenvalue weighted by Crippen LogP contribution is -2.57. The molecule has 0 fully saturated rings. The summed E-state index contributed by atoms with van der Waals surface area (Å²) in [6.45, 7) is 1.53. The molecular formula is C39H35BN3+. The van der Waals surface area contributed by atoms with Crippen molar-refractivity contribution >= 4 is 35.3 Å². The van der Waals surface area contributed by atoms with E-state index in [9.17, 15) is 0 Å². The number of aromatic nitrogens is 1. The predicted molar refractivity (Wildman–Crippen MR) is 182 cm³/mol. The van der Waals surface area contributed by atoms with E-state index in [2.05, 4.69) is 138 Å². The number of rotatable bonds is 5. The summed E-state index contributed by atoms with van der Waals surface area (Å²) in [7, 11) is 1.95. The number of anilines is 4. The Balaban J connectivity index is 1.61. The van der Waals surface area contributed by atoms with Crippen molar-refractivity contribution in [3.63, 3.8) is 0 Å². The summed E-state index contributed by atoms with van der Waals surface area (Å²) in [5, 5.41) is 0. The van der Waals surface area contributed by atoms with Gasteiger partial charge >= 0.3 is 6.98 Å². The standard InChI is InChI=1S/C39H35BN3/c1-28-16-14-25-36-39(28)43(37-26-29(2)30(3)27-41(37)4)40(42(36)33-21-12-7-13-22-33)38-34(31-17-8-5-9-18-31)23-15-24-35(38)32-19-10-6-11-20-32/h5-27H,1-4H3/q+1/i3D3. The Morgan fingerprint density at radius 3 is 1.79 bits per heavy atom. The molecule has 208 valence electrons. The second-order valence-corrected chi connectivity index (χ2v) is 11.2. The van der Waals surface area contributed by atoms with E-state index in [-0.39, 0.29) is 6.98 Å². The Bertz CT molecular complexity index is 1970. The molecular weight excluding hydrogens is 521 g/mol. The van der Waals surface area contributed by atoms with E-state index in [0.717, 1.165) is 61.7 Å². The van der Waals surface area contributed by atoms with Crippen molar-refractivity contribution in [3.05, 3.63) is 156 Å². The number of fused-ring (bicyclic) bond motifs is 1. The number of benzene rings is 5. The van der Waals surface area contributed by atoms with Crippen LogP contribution in [0.2, 0.25) is 0 Å². The molecule has 0 spiro atoms. The quantitative estimate of drug-likeness (QED) is 0.155. The zero-order valence-electron chi connectivity index (χ0n) is 27.7. The van der Waals surface area contributed by atoms with Crippen molar-refractivity contribution in [2.24, 2.45) is 7.05 Å². The molecule has 0 aliphatic carbocycles. The first kappa shape index (κ1) is 23.5. The molecule has 1 aliphatic heterocycles. The maximum absolute atomic E-state index is 8.20. The van der Waals surface area contributed by atoms with Crippen molar-refractivity contribution in [2.75, 3.05) is 9.62 Å². The summed E-state index contributed by atoms with van der Waals surface area (Å²) in [4.78, 5) is 4.84. The fourth-order valence-corrected chi connectivity index (χ4v) is 6.44. The topological polar surface area (TPSA) is 10.4 Å². The van der Waals surface area contributed by atoms with Crippen molar-refractivity contribution in [1.29, 1.82) is 0 Å². The van der Waals surface area contributed by atoms with Gasteiger partial charge in [0.2, 0.25) is 0 Å². The van der Waals surface area contributed by atoms with Gasteiger partial charge in [0, 0.05) is 21.3 Å². The van der Waals surface area contributed by atoms with Gasteiger partial charge in [0.15, 0.2) is 0 Å². The van der Waals surface area contributed by atoms with Crippen LogP contribution in [-0.2, 0) is 7.05 Å². The lowest BCUT2D eigenvalue weighted by Gasteiger charge is -2.28. The predicted octanol–water partition coefficient (Wildman–Crippen LogP) is 8.46. The van der Waals surface area contributed by atoms with Crippen LogP contribution >= 0.6 is 0 Å². The SMILES string of the molecule is [2H]C([2H])([2H])c1c[n+](C)c(N2B(c3c(-c4ccccc4)cccc3-c3ccccc3)N(c3ccccc3)c3cccc(C)c32)cc1C. The molecule has 7 rings (SSSR count). The third-order valence-corrected chi connectivity index (χ3v) is 8.48. The number of pyridine rings is 1. The minimum atomic E-state index is -2.21. The van der Waals surface area contributed by atoms with Gasteiger partial charge in [-0.1, -0.05) is 109 Å². The molecule has 0 unspecified atom stereocenters. The zero-order chi connectivity index (χ0) is 32.0. The highest BCUT2D eigenvalue weighted by Gasteiger charge is 2.53. The Labute approximate surface area is 259 Å². The minimum absolute atomic E-state index is 0.311. The van der Waals surface area contributed by atoms with Crippen LogP contribution in [0, 0.1) is 20.7 Å². The smallest absolute Gasteiger partial charge is 0.336 e. The fourth-order valence-electron chi connectivity index (χ4n) is 6.44. The van der Waals surface area contributed by atoms with Crippen molar-refractivity contribution in [1.82, 2.24) is 0 Å². The maximum Gasteiger partial charge on any atom is 0.543 e. The molecule has 0 N–H and O–H groups in total. The minimum Gasteiger partial charge on any atom is -0.336 e. The average molecular weight is 560 g/mol. The number of aryl methyl sites for hydroxylation is 4. The van der Waals surface area contributed by atoms with Gasteiger partial charge < -0.3 is 4.81 Å². The van der Waals surface area contributed by atoms with Gasteiger partial charge in [-0.2, -0.15) is 0 Å². The lowest BCUT2D eigenvalue weighted by molar-refractivity contribution is -0.658. The molecule has 0 atom stereocenters. The van der Waals surface area contributed by atoms with E-state index < -0.39 is 6.85 Å². The first-order valence-corrected chi connectivity index (χ1v) is 14.7. The van der Waals surface area contributed by atoms with E-state index in [0.29, 0.717) is 5.56 Å². The van der Waals surface area contributed by atoms with Crippen LogP contribution in [0.1, 0.15) is 20.8 Å². The van der Waals surface area contributed by atoms with Crippen LogP contribution in [0.25, 0.3) is 22.3 Å². The highest BCUT2D eigenvalue weighted by molar-refractivity contribution is 6.86. The molecule has 0 radical (unpaired) electrons. The highest BCUT2D eigenvalue weighted by atomic mass is 15.3. The fraction of sp³-hybridized carbons (Fsp3) is 0.103. The van der Waals surface area contributed by atoms with Crippen molar-refractivity contribution < 1.29 is 8.68 Å². The van der Waals surface area contributed by atoms with Gasteiger partial charge in [0.05, 0.1) is 18.9 Å². The molecule has 4 heteroatoms. The van der Waals surface area contributed by atoms with E-state index in [4.69, 9.17) is 4.11 Å². The van der Waals surface area contributed by atoms with Crippen molar-refractivity contribution in [2.45, 2.75) is 20.7 Å². The lowest BCUT2D eigenvalue weighted by atomic mass is 9.59. The second-order valence-electron chi connectivity index (χ2n) is 11.2. The first-order chi connectivity index (χ1) is 22.2. The molecule has 0 saturated carbocycles. The third kappa shape index (κ3) is 4.60. The molecule has 0 saturated heterocycles. The van der Waals surface area contributed by atoms with Gasteiger partial charge in [-0.15, -0.1) is 0 Å².